The normalized spacial score (nSPS) is 10.9. The van der Waals surface area contributed by atoms with E-state index < -0.39 is 11.8 Å². The first-order valence-electron chi connectivity index (χ1n) is 9.25. The van der Waals surface area contributed by atoms with Crippen molar-refractivity contribution in [2.45, 2.75) is 20.0 Å². The maximum atomic E-state index is 12.5. The van der Waals surface area contributed by atoms with Crippen LogP contribution in [-0.4, -0.2) is 50.8 Å². The average Bonchev–Trinajstić information content (AvgIpc) is 3.32. The van der Waals surface area contributed by atoms with Gasteiger partial charge in [-0.3, -0.25) is 14.3 Å². The Balaban J connectivity index is 1.68. The van der Waals surface area contributed by atoms with Crippen molar-refractivity contribution in [3.63, 3.8) is 0 Å². The van der Waals surface area contributed by atoms with Crippen LogP contribution in [0.25, 0.3) is 11.5 Å². The lowest BCUT2D eigenvalue weighted by Gasteiger charge is -2.09. The van der Waals surface area contributed by atoms with Gasteiger partial charge in [-0.05, 0) is 26.0 Å². The van der Waals surface area contributed by atoms with Crippen molar-refractivity contribution >= 4 is 23.3 Å². The van der Waals surface area contributed by atoms with Gasteiger partial charge in [0, 0.05) is 31.5 Å². The molecule has 11 heteroatoms. The number of primary amides is 1. The number of carbonyl (C=O) groups excluding carboxylic acids is 2. The summed E-state index contributed by atoms with van der Waals surface area (Å²) in [5.74, 6) is -0.419. The quantitative estimate of drug-likeness (QED) is 0.448. The van der Waals surface area contributed by atoms with E-state index in [0.717, 1.165) is 0 Å². The molecule has 0 atom stereocenters. The van der Waals surface area contributed by atoms with Crippen molar-refractivity contribution < 1.29 is 18.7 Å². The van der Waals surface area contributed by atoms with Crippen molar-refractivity contribution in [2.75, 3.05) is 23.8 Å². The Labute approximate surface area is 172 Å². The van der Waals surface area contributed by atoms with Gasteiger partial charge < -0.3 is 25.5 Å². The fourth-order valence-corrected chi connectivity index (χ4v) is 2.59. The Bertz CT molecular complexity index is 1040. The number of aromatic nitrogens is 4. The highest BCUT2D eigenvalue weighted by molar-refractivity contribution is 6.07. The number of nitrogens with two attached hydrogens (primary N) is 1. The first-order chi connectivity index (χ1) is 14.3. The molecule has 3 aromatic heterocycles. The number of rotatable bonds is 9. The number of amides is 2. The highest BCUT2D eigenvalue weighted by Crippen LogP contribution is 2.21. The molecule has 0 spiro atoms. The molecule has 3 rings (SSSR count). The van der Waals surface area contributed by atoms with Crippen LogP contribution in [0.1, 0.15) is 34.8 Å². The van der Waals surface area contributed by atoms with Crippen LogP contribution >= 0.6 is 0 Å². The molecule has 3 heterocycles. The highest BCUT2D eigenvalue weighted by atomic mass is 16.5. The van der Waals surface area contributed by atoms with Gasteiger partial charge in [-0.25, -0.2) is 9.97 Å². The molecule has 0 saturated heterocycles. The van der Waals surface area contributed by atoms with Gasteiger partial charge in [-0.1, -0.05) is 0 Å². The molecule has 2 amide bonds. The molecule has 3 aromatic rings. The Morgan fingerprint density at radius 1 is 1.37 bits per heavy atom. The number of nitrogens with one attached hydrogen (secondary N) is 2. The summed E-state index contributed by atoms with van der Waals surface area (Å²) in [7, 11) is 1.61. The molecule has 158 valence electrons. The van der Waals surface area contributed by atoms with E-state index in [9.17, 15) is 9.59 Å². The smallest absolute Gasteiger partial charge is 0.277 e. The van der Waals surface area contributed by atoms with Crippen molar-refractivity contribution in [3.8, 4) is 11.5 Å². The molecule has 0 aliphatic rings. The number of ether oxygens (including phenoxy) is 1. The van der Waals surface area contributed by atoms with Crippen LogP contribution in [0.3, 0.4) is 0 Å². The summed E-state index contributed by atoms with van der Waals surface area (Å²) >= 11 is 0. The standard InChI is InChI=1S/C19H23N7O4/c1-11(2)29-7-6-22-15-8-12(4-5-21-15)19-24-14(10-30-19)18(28)23-13-9-26(3)25-16(13)17(20)27/h4-5,8-11H,6-7H2,1-3H3,(H2,20,27)(H,21,22)(H,23,28). The van der Waals surface area contributed by atoms with Crippen LogP contribution in [0.2, 0.25) is 0 Å². The number of anilines is 2. The van der Waals surface area contributed by atoms with Crippen LogP contribution in [-0.2, 0) is 11.8 Å². The zero-order valence-corrected chi connectivity index (χ0v) is 16.9. The van der Waals surface area contributed by atoms with E-state index in [2.05, 4.69) is 25.7 Å². The van der Waals surface area contributed by atoms with Gasteiger partial charge in [0.25, 0.3) is 11.8 Å². The first kappa shape index (κ1) is 21.0. The number of hydrogen-bond donors (Lipinski definition) is 3. The van der Waals surface area contributed by atoms with E-state index in [-0.39, 0.29) is 29.1 Å². The van der Waals surface area contributed by atoms with E-state index in [1.54, 1.807) is 25.4 Å². The fraction of sp³-hybridized carbons (Fsp3) is 0.316. The van der Waals surface area contributed by atoms with Gasteiger partial charge in [-0.15, -0.1) is 0 Å². The number of oxazole rings is 1. The molecule has 0 unspecified atom stereocenters. The second-order valence-electron chi connectivity index (χ2n) is 6.70. The number of nitrogens with zero attached hydrogens (tertiary/aromatic N) is 4. The maximum absolute atomic E-state index is 12.5. The van der Waals surface area contributed by atoms with E-state index >= 15 is 0 Å². The van der Waals surface area contributed by atoms with Gasteiger partial charge in [0.15, 0.2) is 11.4 Å². The summed E-state index contributed by atoms with van der Waals surface area (Å²) in [5.41, 5.74) is 6.12. The van der Waals surface area contributed by atoms with Gasteiger partial charge in [-0.2, -0.15) is 5.10 Å². The molecule has 0 radical (unpaired) electrons. The molecule has 0 bridgehead atoms. The summed E-state index contributed by atoms with van der Waals surface area (Å²) < 4.78 is 12.3. The number of aryl methyl sites for hydroxylation is 1. The van der Waals surface area contributed by atoms with E-state index in [1.165, 1.54) is 17.1 Å². The van der Waals surface area contributed by atoms with Crippen molar-refractivity contribution in [3.05, 3.63) is 42.2 Å². The van der Waals surface area contributed by atoms with Gasteiger partial charge in [0.1, 0.15) is 12.1 Å². The third-order valence-corrected chi connectivity index (χ3v) is 3.91. The number of pyridine rings is 1. The summed E-state index contributed by atoms with van der Waals surface area (Å²) in [6.07, 6.45) is 4.48. The van der Waals surface area contributed by atoms with Gasteiger partial charge in [0.05, 0.1) is 18.4 Å². The minimum absolute atomic E-state index is 0.0409. The van der Waals surface area contributed by atoms with E-state index in [0.29, 0.717) is 24.5 Å². The first-order valence-corrected chi connectivity index (χ1v) is 9.25. The summed E-state index contributed by atoms with van der Waals surface area (Å²) in [4.78, 5) is 32.4. The zero-order chi connectivity index (χ0) is 21.7. The molecule has 0 aromatic carbocycles. The SMILES string of the molecule is CC(C)OCCNc1cc(-c2nc(C(=O)Nc3cn(C)nc3C(N)=O)co2)ccn1. The maximum Gasteiger partial charge on any atom is 0.277 e. The lowest BCUT2D eigenvalue weighted by Crippen LogP contribution is -2.18. The largest absolute Gasteiger partial charge is 0.444 e. The van der Waals surface area contributed by atoms with E-state index in [4.69, 9.17) is 14.9 Å². The molecular formula is C19H23N7O4. The predicted molar refractivity (Wildman–Crippen MR) is 109 cm³/mol. The molecular weight excluding hydrogens is 390 g/mol. The molecule has 30 heavy (non-hydrogen) atoms. The van der Waals surface area contributed by atoms with Crippen molar-refractivity contribution in [1.29, 1.82) is 0 Å². The molecule has 0 aliphatic heterocycles. The number of carbonyl (C=O) groups is 2. The molecule has 0 fully saturated rings. The third kappa shape index (κ3) is 5.20. The zero-order valence-electron chi connectivity index (χ0n) is 16.9. The second-order valence-corrected chi connectivity index (χ2v) is 6.70. The lowest BCUT2D eigenvalue weighted by atomic mass is 10.2. The van der Waals surface area contributed by atoms with Gasteiger partial charge >= 0.3 is 0 Å². The highest BCUT2D eigenvalue weighted by Gasteiger charge is 2.19. The van der Waals surface area contributed by atoms with Crippen LogP contribution in [0, 0.1) is 0 Å². The molecule has 11 nitrogen and oxygen atoms in total. The summed E-state index contributed by atoms with van der Waals surface area (Å²) in [6, 6.07) is 3.48. The second kappa shape index (κ2) is 9.18. The predicted octanol–water partition coefficient (Wildman–Crippen LogP) is 1.66. The van der Waals surface area contributed by atoms with Crippen LogP contribution in [0.5, 0.6) is 0 Å². The van der Waals surface area contributed by atoms with E-state index in [1.807, 2.05) is 13.8 Å². The van der Waals surface area contributed by atoms with Crippen LogP contribution < -0.4 is 16.4 Å². The van der Waals surface area contributed by atoms with Crippen molar-refractivity contribution in [2.24, 2.45) is 12.8 Å². The Morgan fingerprint density at radius 2 is 2.17 bits per heavy atom. The Kier molecular flexibility index (Phi) is 6.42. The van der Waals surface area contributed by atoms with Gasteiger partial charge in [0.2, 0.25) is 5.89 Å². The minimum atomic E-state index is -0.748. The Hall–Kier alpha value is -3.73. The minimum Gasteiger partial charge on any atom is -0.444 e. The molecule has 4 N–H and O–H groups in total. The molecule has 0 saturated carbocycles. The molecule has 0 aliphatic carbocycles. The monoisotopic (exact) mass is 413 g/mol. The third-order valence-electron chi connectivity index (χ3n) is 3.91. The summed E-state index contributed by atoms with van der Waals surface area (Å²) in [5, 5.41) is 9.64. The fourth-order valence-electron chi connectivity index (χ4n) is 2.59. The number of hydrogen-bond acceptors (Lipinski definition) is 8. The Morgan fingerprint density at radius 3 is 2.90 bits per heavy atom. The topological polar surface area (TPSA) is 150 Å². The average molecular weight is 413 g/mol. The van der Waals surface area contributed by atoms with Crippen LogP contribution in [0.4, 0.5) is 11.5 Å². The van der Waals surface area contributed by atoms with Crippen molar-refractivity contribution in [1.82, 2.24) is 19.7 Å². The lowest BCUT2D eigenvalue weighted by molar-refractivity contribution is 0.0870. The van der Waals surface area contributed by atoms with Crippen LogP contribution in [0.15, 0.2) is 35.2 Å². The summed E-state index contributed by atoms with van der Waals surface area (Å²) in [6.45, 7) is 5.09.